The first-order valence-corrected chi connectivity index (χ1v) is 8.37. The van der Waals surface area contributed by atoms with Crippen molar-refractivity contribution < 1.29 is 19.5 Å². The van der Waals surface area contributed by atoms with Crippen molar-refractivity contribution in [2.75, 3.05) is 25.1 Å². The molecule has 0 aliphatic carbocycles. The van der Waals surface area contributed by atoms with Crippen LogP contribution >= 0.6 is 0 Å². The maximum Gasteiger partial charge on any atom is 0.274 e. The van der Waals surface area contributed by atoms with Gasteiger partial charge < -0.3 is 15.0 Å². The van der Waals surface area contributed by atoms with Gasteiger partial charge in [-0.15, -0.1) is 0 Å². The molecule has 26 heavy (non-hydrogen) atoms. The quantitative estimate of drug-likeness (QED) is 0.562. The van der Waals surface area contributed by atoms with E-state index in [2.05, 4.69) is 5.32 Å². The minimum absolute atomic E-state index is 0.0297. The van der Waals surface area contributed by atoms with Gasteiger partial charge in [0.25, 0.3) is 11.8 Å². The molecule has 1 fully saturated rings. The third-order valence-electron chi connectivity index (χ3n) is 4.46. The molecule has 7 heteroatoms. The summed E-state index contributed by atoms with van der Waals surface area (Å²) in [5, 5.41) is 12.0. The van der Waals surface area contributed by atoms with Crippen LogP contribution in [0, 0.1) is 0 Å². The molecule has 0 saturated carbocycles. The van der Waals surface area contributed by atoms with E-state index in [-0.39, 0.29) is 11.9 Å². The Labute approximate surface area is 151 Å². The van der Waals surface area contributed by atoms with E-state index in [1.54, 1.807) is 66.0 Å². The standard InChI is InChI=1S/C19H21N3O4/c1-26-17-8-4-14(5-9-17)19(24)22(16-10-11-20-12-16)15-6-2-13(3-7-15)18(23)21-25/h2-9,16,20,25H,10-12H2,1H3,(H,21,23). The van der Waals surface area contributed by atoms with Gasteiger partial charge in [0.15, 0.2) is 0 Å². The molecule has 2 aromatic carbocycles. The number of nitrogens with one attached hydrogen (secondary N) is 2. The van der Waals surface area contributed by atoms with Crippen molar-refractivity contribution in [1.29, 1.82) is 0 Å². The number of hydrogen-bond donors (Lipinski definition) is 3. The summed E-state index contributed by atoms with van der Waals surface area (Å²) in [6.45, 7) is 1.56. The van der Waals surface area contributed by atoms with Gasteiger partial charge in [-0.1, -0.05) is 0 Å². The van der Waals surface area contributed by atoms with Crippen LogP contribution in [0.5, 0.6) is 5.75 Å². The summed E-state index contributed by atoms with van der Waals surface area (Å²) in [5.74, 6) is -0.0113. The molecule has 1 unspecified atom stereocenters. The Bertz CT molecular complexity index is 768. The highest BCUT2D eigenvalue weighted by Gasteiger charge is 2.29. The van der Waals surface area contributed by atoms with Crippen molar-refractivity contribution in [2.24, 2.45) is 0 Å². The highest BCUT2D eigenvalue weighted by molar-refractivity contribution is 6.07. The number of methoxy groups -OCH3 is 1. The van der Waals surface area contributed by atoms with E-state index in [0.29, 0.717) is 29.1 Å². The maximum atomic E-state index is 13.1. The van der Waals surface area contributed by atoms with Crippen molar-refractivity contribution >= 4 is 17.5 Å². The fourth-order valence-electron chi connectivity index (χ4n) is 3.06. The first kappa shape index (κ1) is 17.9. The van der Waals surface area contributed by atoms with Crippen molar-refractivity contribution in [3.63, 3.8) is 0 Å². The number of benzene rings is 2. The van der Waals surface area contributed by atoms with Crippen molar-refractivity contribution in [3.8, 4) is 5.75 Å². The summed E-state index contributed by atoms with van der Waals surface area (Å²) in [5.41, 5.74) is 3.19. The molecule has 3 rings (SSSR count). The Morgan fingerprint density at radius 1 is 1.12 bits per heavy atom. The van der Waals surface area contributed by atoms with E-state index >= 15 is 0 Å². The number of hydrogen-bond acceptors (Lipinski definition) is 5. The number of rotatable bonds is 5. The minimum atomic E-state index is -0.591. The zero-order chi connectivity index (χ0) is 18.5. The van der Waals surface area contributed by atoms with Gasteiger partial charge in [0.1, 0.15) is 5.75 Å². The highest BCUT2D eigenvalue weighted by atomic mass is 16.5. The lowest BCUT2D eigenvalue weighted by Gasteiger charge is -2.29. The molecule has 1 atom stereocenters. The molecule has 1 aliphatic rings. The predicted octanol–water partition coefficient (Wildman–Crippen LogP) is 1.82. The Morgan fingerprint density at radius 2 is 1.77 bits per heavy atom. The second-order valence-electron chi connectivity index (χ2n) is 6.04. The molecule has 0 bridgehead atoms. The van der Waals surface area contributed by atoms with Crippen LogP contribution < -0.4 is 20.4 Å². The molecule has 0 radical (unpaired) electrons. The predicted molar refractivity (Wildman–Crippen MR) is 96.8 cm³/mol. The van der Waals surface area contributed by atoms with Crippen molar-refractivity contribution in [3.05, 3.63) is 59.7 Å². The number of anilines is 1. The number of hydroxylamine groups is 1. The second kappa shape index (κ2) is 7.99. The normalized spacial score (nSPS) is 16.2. The summed E-state index contributed by atoms with van der Waals surface area (Å²) in [6.07, 6.45) is 0.848. The van der Waals surface area contributed by atoms with Gasteiger partial charge in [-0.05, 0) is 61.5 Å². The number of carbonyl (C=O) groups is 2. The van der Waals surface area contributed by atoms with Gasteiger partial charge >= 0.3 is 0 Å². The summed E-state index contributed by atoms with van der Waals surface area (Å²) >= 11 is 0. The third-order valence-corrected chi connectivity index (χ3v) is 4.46. The van der Waals surface area contributed by atoms with Crippen LogP contribution in [0.25, 0.3) is 0 Å². The van der Waals surface area contributed by atoms with Crippen LogP contribution in [-0.4, -0.2) is 43.3 Å². The van der Waals surface area contributed by atoms with Gasteiger partial charge in [-0.2, -0.15) is 0 Å². The highest BCUT2D eigenvalue weighted by Crippen LogP contribution is 2.24. The Balaban J connectivity index is 1.91. The molecule has 3 N–H and O–H groups in total. The zero-order valence-electron chi connectivity index (χ0n) is 14.4. The van der Waals surface area contributed by atoms with Crippen LogP contribution in [0.3, 0.4) is 0 Å². The largest absolute Gasteiger partial charge is 0.497 e. The molecule has 2 aromatic rings. The molecule has 0 spiro atoms. The van der Waals surface area contributed by atoms with Crippen LogP contribution in [-0.2, 0) is 0 Å². The maximum absolute atomic E-state index is 13.1. The summed E-state index contributed by atoms with van der Waals surface area (Å²) < 4.78 is 5.15. The molecule has 2 amide bonds. The monoisotopic (exact) mass is 355 g/mol. The fourth-order valence-corrected chi connectivity index (χ4v) is 3.06. The average Bonchev–Trinajstić information content (AvgIpc) is 3.22. The SMILES string of the molecule is COc1ccc(C(=O)N(c2ccc(C(=O)NO)cc2)C2CCNC2)cc1. The molecular formula is C19H21N3O4. The van der Waals surface area contributed by atoms with Gasteiger partial charge in [0.2, 0.25) is 0 Å². The van der Waals surface area contributed by atoms with E-state index in [1.807, 2.05) is 0 Å². The third kappa shape index (κ3) is 3.68. The fraction of sp³-hybridized carbons (Fsp3) is 0.263. The Morgan fingerprint density at radius 3 is 2.31 bits per heavy atom. The smallest absolute Gasteiger partial charge is 0.274 e. The molecule has 1 saturated heterocycles. The van der Waals surface area contributed by atoms with Crippen LogP contribution in [0.2, 0.25) is 0 Å². The van der Waals surface area contributed by atoms with Gasteiger partial charge in [0, 0.05) is 23.4 Å². The lowest BCUT2D eigenvalue weighted by molar-refractivity contribution is 0.0706. The lowest BCUT2D eigenvalue weighted by atomic mass is 10.1. The molecule has 1 heterocycles. The van der Waals surface area contributed by atoms with Crippen molar-refractivity contribution in [1.82, 2.24) is 10.8 Å². The van der Waals surface area contributed by atoms with E-state index in [0.717, 1.165) is 13.0 Å². The summed E-state index contributed by atoms with van der Waals surface area (Å²) in [4.78, 5) is 26.4. The van der Waals surface area contributed by atoms with Crippen LogP contribution in [0.1, 0.15) is 27.1 Å². The molecule has 1 aliphatic heterocycles. The van der Waals surface area contributed by atoms with E-state index in [1.165, 1.54) is 0 Å². The summed E-state index contributed by atoms with van der Waals surface area (Å²) in [6, 6.07) is 13.6. The summed E-state index contributed by atoms with van der Waals surface area (Å²) in [7, 11) is 1.58. The van der Waals surface area contributed by atoms with E-state index in [4.69, 9.17) is 9.94 Å². The number of nitrogens with zero attached hydrogens (tertiary/aromatic N) is 1. The topological polar surface area (TPSA) is 90.9 Å². The minimum Gasteiger partial charge on any atom is -0.497 e. The van der Waals surface area contributed by atoms with Gasteiger partial charge in [0.05, 0.1) is 13.2 Å². The molecule has 136 valence electrons. The van der Waals surface area contributed by atoms with Crippen molar-refractivity contribution in [2.45, 2.75) is 12.5 Å². The van der Waals surface area contributed by atoms with Crippen LogP contribution in [0.4, 0.5) is 5.69 Å². The molecule has 0 aromatic heterocycles. The van der Waals surface area contributed by atoms with Gasteiger partial charge in [-0.25, -0.2) is 5.48 Å². The molecule has 7 nitrogen and oxygen atoms in total. The van der Waals surface area contributed by atoms with Crippen LogP contribution in [0.15, 0.2) is 48.5 Å². The van der Waals surface area contributed by atoms with Gasteiger partial charge in [-0.3, -0.25) is 14.8 Å². The number of amides is 2. The zero-order valence-corrected chi connectivity index (χ0v) is 14.4. The first-order chi connectivity index (χ1) is 12.6. The van der Waals surface area contributed by atoms with E-state index in [9.17, 15) is 9.59 Å². The molecular weight excluding hydrogens is 334 g/mol. The Kier molecular flexibility index (Phi) is 5.50. The number of carbonyl (C=O) groups excluding carboxylic acids is 2. The first-order valence-electron chi connectivity index (χ1n) is 8.37. The van der Waals surface area contributed by atoms with E-state index < -0.39 is 5.91 Å². The lowest BCUT2D eigenvalue weighted by Crippen LogP contribution is -2.41. The Hall–Kier alpha value is -2.90. The second-order valence-corrected chi connectivity index (χ2v) is 6.04. The number of ether oxygens (including phenoxy) is 1. The average molecular weight is 355 g/mol.